The largest absolute Gasteiger partial charge is 0.481 e. The Morgan fingerprint density at radius 2 is 2.42 bits per heavy atom. The molecule has 0 aromatic carbocycles. The normalized spacial score (nSPS) is 39.0. The van der Waals surface area contributed by atoms with Gasteiger partial charge in [-0.2, -0.15) is 0 Å². The summed E-state index contributed by atoms with van der Waals surface area (Å²) < 4.78 is 5.09. The Labute approximate surface area is 69.5 Å². The standard InChI is InChI=1S/C8H10O4/c9-5-2-1-4(3-6(10)11)7-8(5)12-7/h4,7-8H,1-3H2,(H,10,11)/t4-,7+,8-/m0/s1. The summed E-state index contributed by atoms with van der Waals surface area (Å²) in [4.78, 5) is 21.4. The highest BCUT2D eigenvalue weighted by Crippen LogP contribution is 2.40. The topological polar surface area (TPSA) is 66.9 Å². The third kappa shape index (κ3) is 1.22. The van der Waals surface area contributed by atoms with E-state index in [-0.39, 0.29) is 30.3 Å². The molecule has 1 saturated carbocycles. The third-order valence-corrected chi connectivity index (χ3v) is 2.51. The second-order valence-corrected chi connectivity index (χ2v) is 3.38. The van der Waals surface area contributed by atoms with Crippen LogP contribution in [0, 0.1) is 5.92 Å². The van der Waals surface area contributed by atoms with Crippen molar-refractivity contribution in [2.45, 2.75) is 31.5 Å². The zero-order chi connectivity index (χ0) is 8.72. The summed E-state index contributed by atoms with van der Waals surface area (Å²) >= 11 is 0. The van der Waals surface area contributed by atoms with Gasteiger partial charge in [-0.15, -0.1) is 0 Å². The Morgan fingerprint density at radius 1 is 1.67 bits per heavy atom. The van der Waals surface area contributed by atoms with Gasteiger partial charge in [0.05, 0.1) is 12.5 Å². The van der Waals surface area contributed by atoms with Crippen LogP contribution >= 0.6 is 0 Å². The van der Waals surface area contributed by atoms with Crippen molar-refractivity contribution < 1.29 is 19.4 Å². The highest BCUT2D eigenvalue weighted by molar-refractivity contribution is 5.87. The smallest absolute Gasteiger partial charge is 0.303 e. The maximum atomic E-state index is 11.0. The molecule has 2 fully saturated rings. The summed E-state index contributed by atoms with van der Waals surface area (Å²) in [6.45, 7) is 0. The van der Waals surface area contributed by atoms with Gasteiger partial charge in [0.25, 0.3) is 0 Å². The molecular formula is C8H10O4. The molecule has 4 nitrogen and oxygen atoms in total. The molecule has 1 aliphatic heterocycles. The lowest BCUT2D eigenvalue weighted by Crippen LogP contribution is -2.25. The zero-order valence-electron chi connectivity index (χ0n) is 6.53. The van der Waals surface area contributed by atoms with E-state index in [0.717, 1.165) is 0 Å². The Balaban J connectivity index is 1.94. The van der Waals surface area contributed by atoms with Crippen LogP contribution in [0.25, 0.3) is 0 Å². The summed E-state index contributed by atoms with van der Waals surface area (Å²) in [5.74, 6) is -0.601. The minimum absolute atomic E-state index is 0.0604. The van der Waals surface area contributed by atoms with E-state index < -0.39 is 5.97 Å². The van der Waals surface area contributed by atoms with Crippen molar-refractivity contribution in [2.75, 3.05) is 0 Å². The molecule has 0 radical (unpaired) electrons. The fourth-order valence-corrected chi connectivity index (χ4v) is 1.82. The molecule has 12 heavy (non-hydrogen) atoms. The van der Waals surface area contributed by atoms with Crippen LogP contribution in [0.5, 0.6) is 0 Å². The minimum Gasteiger partial charge on any atom is -0.481 e. The van der Waals surface area contributed by atoms with E-state index in [0.29, 0.717) is 12.8 Å². The number of rotatable bonds is 2. The van der Waals surface area contributed by atoms with Crippen molar-refractivity contribution in [1.82, 2.24) is 0 Å². The minimum atomic E-state index is -0.802. The molecule has 0 aromatic heterocycles. The van der Waals surface area contributed by atoms with Crippen molar-refractivity contribution in [3.8, 4) is 0 Å². The molecule has 3 atom stereocenters. The van der Waals surface area contributed by atoms with Crippen LogP contribution in [0.3, 0.4) is 0 Å². The molecule has 1 N–H and O–H groups in total. The van der Waals surface area contributed by atoms with E-state index in [2.05, 4.69) is 0 Å². The molecule has 0 aromatic rings. The molecule has 0 bridgehead atoms. The maximum absolute atomic E-state index is 11.0. The molecule has 0 amide bonds. The van der Waals surface area contributed by atoms with Gasteiger partial charge in [0.15, 0.2) is 5.78 Å². The SMILES string of the molecule is O=C(O)C[C@@H]1CCC(=O)[C@@H]2O[C@H]12. The highest BCUT2D eigenvalue weighted by atomic mass is 16.6. The second kappa shape index (κ2) is 2.55. The summed E-state index contributed by atoms with van der Waals surface area (Å²) in [5, 5.41) is 8.53. The van der Waals surface area contributed by atoms with Gasteiger partial charge < -0.3 is 9.84 Å². The molecule has 1 aliphatic carbocycles. The number of epoxide rings is 1. The van der Waals surface area contributed by atoms with Crippen molar-refractivity contribution in [1.29, 1.82) is 0 Å². The number of fused-ring (bicyclic) bond motifs is 1. The predicted molar refractivity (Wildman–Crippen MR) is 38.6 cm³/mol. The first-order valence-electron chi connectivity index (χ1n) is 4.08. The number of carbonyl (C=O) groups is 2. The number of hydrogen-bond acceptors (Lipinski definition) is 3. The number of hydrogen-bond donors (Lipinski definition) is 1. The van der Waals surface area contributed by atoms with E-state index in [4.69, 9.17) is 9.84 Å². The first kappa shape index (κ1) is 7.73. The van der Waals surface area contributed by atoms with Crippen LogP contribution in [0.15, 0.2) is 0 Å². The van der Waals surface area contributed by atoms with Crippen LogP contribution in [-0.2, 0) is 14.3 Å². The zero-order valence-corrected chi connectivity index (χ0v) is 6.53. The second-order valence-electron chi connectivity index (χ2n) is 3.38. The Kier molecular flexibility index (Phi) is 1.65. The molecule has 4 heteroatoms. The molecule has 0 spiro atoms. The number of ether oxygens (including phenoxy) is 1. The van der Waals surface area contributed by atoms with Gasteiger partial charge in [-0.25, -0.2) is 0 Å². The fourth-order valence-electron chi connectivity index (χ4n) is 1.82. The average molecular weight is 170 g/mol. The number of carboxylic acid groups (broad SMARTS) is 1. The van der Waals surface area contributed by atoms with E-state index in [1.807, 2.05) is 0 Å². The van der Waals surface area contributed by atoms with Crippen molar-refractivity contribution in [2.24, 2.45) is 5.92 Å². The van der Waals surface area contributed by atoms with Crippen LogP contribution < -0.4 is 0 Å². The van der Waals surface area contributed by atoms with Crippen LogP contribution in [0.1, 0.15) is 19.3 Å². The number of carboxylic acids is 1. The summed E-state index contributed by atoms with van der Waals surface area (Å²) in [7, 11) is 0. The first-order chi connectivity index (χ1) is 5.68. The van der Waals surface area contributed by atoms with Crippen LogP contribution in [0.4, 0.5) is 0 Å². The average Bonchev–Trinajstić information content (AvgIpc) is 2.73. The highest BCUT2D eigenvalue weighted by Gasteiger charge is 2.52. The van der Waals surface area contributed by atoms with E-state index >= 15 is 0 Å². The quantitative estimate of drug-likeness (QED) is 0.601. The number of ketones is 1. The Morgan fingerprint density at radius 3 is 3.08 bits per heavy atom. The van der Waals surface area contributed by atoms with Crippen molar-refractivity contribution in [3.63, 3.8) is 0 Å². The Hall–Kier alpha value is -0.900. The molecule has 66 valence electrons. The molecule has 2 aliphatic rings. The third-order valence-electron chi connectivity index (χ3n) is 2.51. The number of aliphatic carboxylic acids is 1. The molecular weight excluding hydrogens is 160 g/mol. The van der Waals surface area contributed by atoms with E-state index in [1.54, 1.807) is 0 Å². The van der Waals surface area contributed by atoms with Gasteiger partial charge >= 0.3 is 5.97 Å². The fraction of sp³-hybridized carbons (Fsp3) is 0.750. The lowest BCUT2D eigenvalue weighted by Gasteiger charge is -2.14. The number of Topliss-reactive ketones (excluding diaryl/α,β-unsaturated/α-hetero) is 1. The van der Waals surface area contributed by atoms with Gasteiger partial charge in [-0.1, -0.05) is 0 Å². The predicted octanol–water partition coefficient (Wildman–Crippen LogP) is 0.208. The van der Waals surface area contributed by atoms with E-state index in [9.17, 15) is 9.59 Å². The van der Waals surface area contributed by atoms with Crippen LogP contribution in [0.2, 0.25) is 0 Å². The molecule has 1 heterocycles. The maximum Gasteiger partial charge on any atom is 0.303 e. The van der Waals surface area contributed by atoms with E-state index in [1.165, 1.54) is 0 Å². The Bertz CT molecular complexity index is 235. The monoisotopic (exact) mass is 170 g/mol. The van der Waals surface area contributed by atoms with Gasteiger partial charge in [0.2, 0.25) is 0 Å². The van der Waals surface area contributed by atoms with Crippen LogP contribution in [-0.4, -0.2) is 29.1 Å². The van der Waals surface area contributed by atoms with Gasteiger partial charge in [0.1, 0.15) is 6.10 Å². The summed E-state index contributed by atoms with van der Waals surface area (Å²) in [6.07, 6.45) is 0.949. The summed E-state index contributed by atoms with van der Waals surface area (Å²) in [6, 6.07) is 0. The van der Waals surface area contributed by atoms with Crippen molar-refractivity contribution >= 4 is 11.8 Å². The molecule has 0 unspecified atom stereocenters. The summed E-state index contributed by atoms with van der Waals surface area (Å²) in [5.41, 5.74) is 0. The first-order valence-corrected chi connectivity index (χ1v) is 4.08. The molecule has 2 rings (SSSR count). The van der Waals surface area contributed by atoms with Gasteiger partial charge in [-0.3, -0.25) is 9.59 Å². The molecule has 1 saturated heterocycles. The van der Waals surface area contributed by atoms with Gasteiger partial charge in [0, 0.05) is 6.42 Å². The van der Waals surface area contributed by atoms with Crippen molar-refractivity contribution in [3.05, 3.63) is 0 Å². The number of carbonyl (C=O) groups excluding carboxylic acids is 1. The van der Waals surface area contributed by atoms with Gasteiger partial charge in [-0.05, 0) is 12.3 Å². The lowest BCUT2D eigenvalue weighted by molar-refractivity contribution is -0.138. The lowest BCUT2D eigenvalue weighted by atomic mass is 9.86.